The van der Waals surface area contributed by atoms with E-state index in [1.807, 2.05) is 0 Å². The molecule has 1 aromatic carbocycles. The number of hydrogen-bond acceptors (Lipinski definition) is 4. The number of piperidine rings is 1. The summed E-state index contributed by atoms with van der Waals surface area (Å²) >= 11 is 0. The van der Waals surface area contributed by atoms with Gasteiger partial charge in [-0.15, -0.1) is 0 Å². The van der Waals surface area contributed by atoms with Crippen LogP contribution in [0.1, 0.15) is 28.8 Å². The second-order valence-electron chi connectivity index (χ2n) is 5.90. The summed E-state index contributed by atoms with van der Waals surface area (Å²) in [6.45, 7) is 2.93. The molecule has 0 spiro atoms. The van der Waals surface area contributed by atoms with Crippen molar-refractivity contribution in [3.8, 4) is 0 Å². The largest absolute Gasteiger partial charge is 0.382 e. The van der Waals surface area contributed by atoms with Gasteiger partial charge in [-0.2, -0.15) is 0 Å². The number of halogens is 1. The number of methoxy groups -OCH3 is 1. The SMILES string of the molecule is COCCOCc1cc(C(=O)NC2CCN(C)CC2)ccc1F. The molecule has 1 saturated heterocycles. The molecule has 0 atom stereocenters. The maximum Gasteiger partial charge on any atom is 0.251 e. The van der Waals surface area contributed by atoms with Crippen LogP contribution in [0, 0.1) is 5.82 Å². The van der Waals surface area contributed by atoms with E-state index in [1.54, 1.807) is 13.2 Å². The zero-order valence-electron chi connectivity index (χ0n) is 13.8. The summed E-state index contributed by atoms with van der Waals surface area (Å²) in [5, 5.41) is 3.03. The zero-order chi connectivity index (χ0) is 16.7. The highest BCUT2D eigenvalue weighted by molar-refractivity contribution is 5.94. The summed E-state index contributed by atoms with van der Waals surface area (Å²) in [4.78, 5) is 14.6. The molecular weight excluding hydrogens is 299 g/mol. The van der Waals surface area contributed by atoms with Gasteiger partial charge >= 0.3 is 0 Å². The molecule has 6 heteroatoms. The minimum absolute atomic E-state index is 0.130. The predicted octanol–water partition coefficient (Wildman–Crippen LogP) is 1.81. The Morgan fingerprint density at radius 2 is 2.09 bits per heavy atom. The number of nitrogens with zero attached hydrogens (tertiary/aromatic N) is 1. The van der Waals surface area contributed by atoms with Crippen LogP contribution < -0.4 is 5.32 Å². The van der Waals surface area contributed by atoms with Crippen molar-refractivity contribution in [1.82, 2.24) is 10.2 Å². The van der Waals surface area contributed by atoms with Crippen LogP contribution >= 0.6 is 0 Å². The highest BCUT2D eigenvalue weighted by Gasteiger charge is 2.19. The number of hydrogen-bond donors (Lipinski definition) is 1. The molecule has 0 aromatic heterocycles. The predicted molar refractivity (Wildman–Crippen MR) is 85.9 cm³/mol. The second-order valence-corrected chi connectivity index (χ2v) is 5.90. The number of likely N-dealkylation sites (tertiary alicyclic amines) is 1. The number of benzene rings is 1. The third-order valence-corrected chi connectivity index (χ3v) is 4.05. The van der Waals surface area contributed by atoms with Crippen LogP contribution in [-0.2, 0) is 16.1 Å². The molecule has 128 valence electrons. The van der Waals surface area contributed by atoms with Crippen LogP contribution in [0.3, 0.4) is 0 Å². The minimum atomic E-state index is -0.363. The summed E-state index contributed by atoms with van der Waals surface area (Å²) in [5.41, 5.74) is 0.854. The zero-order valence-corrected chi connectivity index (χ0v) is 13.8. The summed E-state index contributed by atoms with van der Waals surface area (Å²) < 4.78 is 24.0. The number of amides is 1. The molecule has 0 saturated carbocycles. The number of ether oxygens (including phenoxy) is 2. The van der Waals surface area contributed by atoms with Crippen molar-refractivity contribution in [1.29, 1.82) is 0 Å². The normalized spacial score (nSPS) is 16.5. The molecule has 0 aliphatic carbocycles. The van der Waals surface area contributed by atoms with E-state index in [2.05, 4.69) is 17.3 Å². The van der Waals surface area contributed by atoms with Crippen LogP contribution in [0.5, 0.6) is 0 Å². The highest BCUT2D eigenvalue weighted by atomic mass is 19.1. The van der Waals surface area contributed by atoms with Gasteiger partial charge in [0.2, 0.25) is 0 Å². The molecule has 5 nitrogen and oxygen atoms in total. The summed E-state index contributed by atoms with van der Waals surface area (Å²) in [5.74, 6) is -0.518. The van der Waals surface area contributed by atoms with Crippen LogP contribution in [0.15, 0.2) is 18.2 Å². The molecular formula is C17H25FN2O3. The fourth-order valence-corrected chi connectivity index (χ4v) is 2.57. The lowest BCUT2D eigenvalue weighted by molar-refractivity contribution is 0.0603. The highest BCUT2D eigenvalue weighted by Crippen LogP contribution is 2.14. The average Bonchev–Trinajstić information content (AvgIpc) is 2.55. The van der Waals surface area contributed by atoms with E-state index in [9.17, 15) is 9.18 Å². The van der Waals surface area contributed by atoms with Crippen molar-refractivity contribution >= 4 is 5.91 Å². The number of carbonyl (C=O) groups is 1. The molecule has 1 amide bonds. The maximum atomic E-state index is 13.8. The van der Waals surface area contributed by atoms with Crippen molar-refractivity contribution in [2.24, 2.45) is 0 Å². The van der Waals surface area contributed by atoms with Crippen LogP contribution in [0.4, 0.5) is 4.39 Å². The van der Waals surface area contributed by atoms with Crippen molar-refractivity contribution in [3.63, 3.8) is 0 Å². The fraction of sp³-hybridized carbons (Fsp3) is 0.588. The third-order valence-electron chi connectivity index (χ3n) is 4.05. The lowest BCUT2D eigenvalue weighted by Crippen LogP contribution is -2.43. The van der Waals surface area contributed by atoms with E-state index in [4.69, 9.17) is 9.47 Å². The Kier molecular flexibility index (Phi) is 6.95. The van der Waals surface area contributed by atoms with E-state index in [0.29, 0.717) is 24.3 Å². The van der Waals surface area contributed by atoms with Crippen molar-refractivity contribution in [3.05, 3.63) is 35.1 Å². The molecule has 0 unspecified atom stereocenters. The Morgan fingerprint density at radius 3 is 2.78 bits per heavy atom. The maximum absolute atomic E-state index is 13.8. The molecule has 0 radical (unpaired) electrons. The number of nitrogens with one attached hydrogen (secondary N) is 1. The van der Waals surface area contributed by atoms with Gasteiger partial charge in [-0.25, -0.2) is 4.39 Å². The van der Waals surface area contributed by atoms with Crippen LogP contribution in [-0.4, -0.2) is 57.3 Å². The number of rotatable bonds is 7. The van der Waals surface area contributed by atoms with E-state index in [-0.39, 0.29) is 24.4 Å². The summed E-state index contributed by atoms with van der Waals surface area (Å²) in [6, 6.07) is 4.58. The molecule has 1 aliphatic heterocycles. The summed E-state index contributed by atoms with van der Waals surface area (Å²) in [6.07, 6.45) is 1.88. The lowest BCUT2D eigenvalue weighted by atomic mass is 10.0. The minimum Gasteiger partial charge on any atom is -0.382 e. The van der Waals surface area contributed by atoms with Crippen molar-refractivity contribution in [2.45, 2.75) is 25.5 Å². The Morgan fingerprint density at radius 1 is 1.35 bits per heavy atom. The van der Waals surface area contributed by atoms with Gasteiger partial charge in [-0.05, 0) is 51.2 Å². The van der Waals surface area contributed by atoms with Crippen molar-refractivity contribution in [2.75, 3.05) is 40.5 Å². The molecule has 1 fully saturated rings. The van der Waals surface area contributed by atoms with Crippen molar-refractivity contribution < 1.29 is 18.7 Å². The lowest BCUT2D eigenvalue weighted by Gasteiger charge is -2.29. The monoisotopic (exact) mass is 324 g/mol. The van der Waals surface area contributed by atoms with Gasteiger partial charge in [-0.3, -0.25) is 4.79 Å². The average molecular weight is 324 g/mol. The molecule has 1 aliphatic rings. The van der Waals surface area contributed by atoms with Gasteiger partial charge in [0.15, 0.2) is 0 Å². The van der Waals surface area contributed by atoms with Crippen LogP contribution in [0.25, 0.3) is 0 Å². The standard InChI is InChI=1S/C17H25FN2O3/c1-20-7-5-15(6-8-20)19-17(21)13-3-4-16(18)14(11-13)12-23-10-9-22-2/h3-4,11,15H,5-10,12H2,1-2H3,(H,19,21). The Bertz CT molecular complexity index is 517. The first kappa shape index (κ1) is 17.8. The molecule has 23 heavy (non-hydrogen) atoms. The summed E-state index contributed by atoms with van der Waals surface area (Å²) in [7, 11) is 3.66. The molecule has 1 heterocycles. The smallest absolute Gasteiger partial charge is 0.251 e. The molecule has 1 aromatic rings. The van der Waals surface area contributed by atoms with E-state index in [0.717, 1.165) is 25.9 Å². The van der Waals surface area contributed by atoms with E-state index < -0.39 is 0 Å². The van der Waals surface area contributed by atoms with Gasteiger partial charge < -0.3 is 19.7 Å². The van der Waals surface area contributed by atoms with Gasteiger partial charge in [-0.1, -0.05) is 0 Å². The molecule has 1 N–H and O–H groups in total. The molecule has 2 rings (SSSR count). The first-order chi connectivity index (χ1) is 11.1. The van der Waals surface area contributed by atoms with Gasteiger partial charge in [0.05, 0.1) is 19.8 Å². The number of carbonyl (C=O) groups excluding carboxylic acids is 1. The molecule has 0 bridgehead atoms. The first-order valence-electron chi connectivity index (χ1n) is 7.94. The van der Waals surface area contributed by atoms with Crippen LogP contribution in [0.2, 0.25) is 0 Å². The Hall–Kier alpha value is -1.50. The second kappa shape index (κ2) is 8.96. The van der Waals surface area contributed by atoms with E-state index >= 15 is 0 Å². The quantitative estimate of drug-likeness (QED) is 0.777. The Labute approximate surface area is 136 Å². The van der Waals surface area contributed by atoms with Gasteiger partial charge in [0, 0.05) is 24.3 Å². The topological polar surface area (TPSA) is 50.8 Å². The van der Waals surface area contributed by atoms with Gasteiger partial charge in [0.1, 0.15) is 5.82 Å². The fourth-order valence-electron chi connectivity index (χ4n) is 2.57. The van der Waals surface area contributed by atoms with E-state index in [1.165, 1.54) is 12.1 Å². The van der Waals surface area contributed by atoms with Gasteiger partial charge in [0.25, 0.3) is 5.91 Å². The Balaban J connectivity index is 1.92. The third kappa shape index (κ3) is 5.57. The first-order valence-corrected chi connectivity index (χ1v) is 7.94.